The van der Waals surface area contributed by atoms with Crippen LogP contribution in [0.5, 0.6) is 11.5 Å². The Kier molecular flexibility index (Phi) is 7.53. The van der Waals surface area contributed by atoms with Gasteiger partial charge in [-0.05, 0) is 54.3 Å². The number of ether oxygens (including phenoxy) is 2. The Balaban J connectivity index is 2.00. The van der Waals surface area contributed by atoms with E-state index in [1.54, 1.807) is 43.5 Å². The van der Waals surface area contributed by atoms with Crippen molar-refractivity contribution in [2.45, 2.75) is 26.3 Å². The van der Waals surface area contributed by atoms with Crippen LogP contribution in [0, 0.1) is 5.92 Å². The van der Waals surface area contributed by atoms with Crippen LogP contribution in [0.2, 0.25) is 0 Å². The molecule has 2 aromatic carbocycles. The van der Waals surface area contributed by atoms with Crippen LogP contribution < -0.4 is 4.74 Å². The van der Waals surface area contributed by atoms with Crippen LogP contribution in [-0.2, 0) is 14.3 Å². The van der Waals surface area contributed by atoms with Gasteiger partial charge in [0.2, 0.25) is 0 Å². The number of nitrogens with zero attached hydrogens (tertiary/aromatic N) is 1. The number of Topliss-reactive ketones (excluding diaryl/α,β-unsaturated/α-hetero) is 1. The highest BCUT2D eigenvalue weighted by Gasteiger charge is 2.45. The molecule has 0 aliphatic carbocycles. The van der Waals surface area contributed by atoms with Gasteiger partial charge in [-0.25, -0.2) is 0 Å². The molecule has 170 valence electrons. The maximum absolute atomic E-state index is 12.9. The SMILES string of the molecule is COCCCN1C(=O)C(=O)C(=C(O)c2ccc(OCC(C)C)cc2)[C@@H]1c1ccc(O)cc1. The molecule has 1 atom stereocenters. The molecule has 0 radical (unpaired) electrons. The molecule has 0 unspecified atom stereocenters. The number of carbonyl (C=O) groups is 2. The minimum absolute atomic E-state index is 0.0222. The molecule has 1 aliphatic rings. The minimum atomic E-state index is -0.760. The highest BCUT2D eigenvalue weighted by molar-refractivity contribution is 6.46. The average molecular weight is 440 g/mol. The van der Waals surface area contributed by atoms with Crippen molar-refractivity contribution in [2.75, 3.05) is 26.9 Å². The van der Waals surface area contributed by atoms with Crippen LogP contribution in [0.3, 0.4) is 0 Å². The second-order valence-corrected chi connectivity index (χ2v) is 8.16. The first kappa shape index (κ1) is 23.3. The van der Waals surface area contributed by atoms with Crippen LogP contribution >= 0.6 is 0 Å². The van der Waals surface area contributed by atoms with E-state index in [-0.39, 0.29) is 17.1 Å². The molecule has 2 N–H and O–H groups in total. The van der Waals surface area contributed by atoms with Gasteiger partial charge in [-0.3, -0.25) is 9.59 Å². The molecule has 0 spiro atoms. The molecule has 1 amide bonds. The Labute approximate surface area is 187 Å². The lowest BCUT2D eigenvalue weighted by molar-refractivity contribution is -0.140. The first-order chi connectivity index (χ1) is 15.3. The summed E-state index contributed by atoms with van der Waals surface area (Å²) in [7, 11) is 1.57. The Morgan fingerprint density at radius 3 is 2.31 bits per heavy atom. The Hall–Kier alpha value is -3.32. The molecule has 7 nitrogen and oxygen atoms in total. The highest BCUT2D eigenvalue weighted by Crippen LogP contribution is 2.40. The van der Waals surface area contributed by atoms with Crippen molar-refractivity contribution in [1.29, 1.82) is 0 Å². The van der Waals surface area contributed by atoms with Crippen LogP contribution in [0.4, 0.5) is 0 Å². The van der Waals surface area contributed by atoms with Gasteiger partial charge in [-0.1, -0.05) is 26.0 Å². The van der Waals surface area contributed by atoms with Gasteiger partial charge in [0.25, 0.3) is 11.7 Å². The third kappa shape index (κ3) is 5.11. The highest BCUT2D eigenvalue weighted by atomic mass is 16.5. The molecule has 0 bridgehead atoms. The summed E-state index contributed by atoms with van der Waals surface area (Å²) in [5.74, 6) is -0.545. The van der Waals surface area contributed by atoms with Gasteiger partial charge < -0.3 is 24.6 Å². The molecule has 1 aliphatic heterocycles. The van der Waals surface area contributed by atoms with Crippen molar-refractivity contribution in [1.82, 2.24) is 4.90 Å². The van der Waals surface area contributed by atoms with Crippen LogP contribution in [-0.4, -0.2) is 53.7 Å². The number of aromatic hydroxyl groups is 1. The summed E-state index contributed by atoms with van der Waals surface area (Å²) >= 11 is 0. The number of benzene rings is 2. The molecule has 1 fully saturated rings. The van der Waals surface area contributed by atoms with Crippen LogP contribution in [0.25, 0.3) is 5.76 Å². The van der Waals surface area contributed by atoms with E-state index in [9.17, 15) is 19.8 Å². The lowest BCUT2D eigenvalue weighted by atomic mass is 9.95. The Bertz CT molecular complexity index is 978. The van der Waals surface area contributed by atoms with E-state index in [0.29, 0.717) is 49.0 Å². The normalized spacial score (nSPS) is 17.9. The van der Waals surface area contributed by atoms with E-state index >= 15 is 0 Å². The smallest absolute Gasteiger partial charge is 0.295 e. The van der Waals surface area contributed by atoms with E-state index in [1.165, 1.54) is 17.0 Å². The van der Waals surface area contributed by atoms with Crippen molar-refractivity contribution < 1.29 is 29.3 Å². The van der Waals surface area contributed by atoms with Gasteiger partial charge in [0.1, 0.15) is 17.3 Å². The minimum Gasteiger partial charge on any atom is -0.508 e. The van der Waals surface area contributed by atoms with Gasteiger partial charge in [-0.2, -0.15) is 0 Å². The summed E-state index contributed by atoms with van der Waals surface area (Å²) < 4.78 is 10.8. The lowest BCUT2D eigenvalue weighted by Crippen LogP contribution is -2.31. The predicted octanol–water partition coefficient (Wildman–Crippen LogP) is 3.89. The Morgan fingerprint density at radius 2 is 1.72 bits per heavy atom. The van der Waals surface area contributed by atoms with Crippen molar-refractivity contribution in [3.05, 3.63) is 65.2 Å². The molecule has 7 heteroatoms. The summed E-state index contributed by atoms with van der Waals surface area (Å²) in [6.07, 6.45) is 0.542. The number of carbonyl (C=O) groups excluding carboxylic acids is 2. The van der Waals surface area contributed by atoms with E-state index in [4.69, 9.17) is 9.47 Å². The third-order valence-corrected chi connectivity index (χ3v) is 5.21. The summed E-state index contributed by atoms with van der Waals surface area (Å²) in [6, 6.07) is 12.3. The number of ketones is 1. The number of hydrogen-bond acceptors (Lipinski definition) is 6. The van der Waals surface area contributed by atoms with Crippen molar-refractivity contribution in [3.63, 3.8) is 0 Å². The van der Waals surface area contributed by atoms with E-state index in [0.717, 1.165) is 0 Å². The summed E-state index contributed by atoms with van der Waals surface area (Å²) in [4.78, 5) is 27.2. The zero-order chi connectivity index (χ0) is 23.3. The maximum Gasteiger partial charge on any atom is 0.295 e. The first-order valence-corrected chi connectivity index (χ1v) is 10.6. The predicted molar refractivity (Wildman–Crippen MR) is 120 cm³/mol. The molecule has 0 saturated carbocycles. The quantitative estimate of drug-likeness (QED) is 0.266. The first-order valence-electron chi connectivity index (χ1n) is 10.6. The molecular formula is C25H29NO6. The maximum atomic E-state index is 12.9. The number of phenols is 1. The zero-order valence-corrected chi connectivity index (χ0v) is 18.6. The van der Waals surface area contributed by atoms with E-state index < -0.39 is 17.7 Å². The number of phenolic OH excluding ortho intramolecular Hbond substituents is 1. The molecule has 1 saturated heterocycles. The zero-order valence-electron chi connectivity index (χ0n) is 18.6. The van der Waals surface area contributed by atoms with Crippen LogP contribution in [0.15, 0.2) is 54.1 Å². The van der Waals surface area contributed by atoms with Gasteiger partial charge in [0, 0.05) is 25.8 Å². The second-order valence-electron chi connectivity index (χ2n) is 8.16. The number of amides is 1. The van der Waals surface area contributed by atoms with Gasteiger partial charge in [-0.15, -0.1) is 0 Å². The van der Waals surface area contributed by atoms with E-state index in [1.807, 2.05) is 0 Å². The number of hydrogen-bond donors (Lipinski definition) is 2. The number of methoxy groups -OCH3 is 1. The molecule has 2 aromatic rings. The van der Waals surface area contributed by atoms with Crippen molar-refractivity contribution in [3.8, 4) is 11.5 Å². The third-order valence-electron chi connectivity index (χ3n) is 5.21. The standard InChI is InChI=1S/C25H29NO6/c1-16(2)15-32-20-11-7-18(8-12-20)23(28)21-22(17-5-9-19(27)10-6-17)26(13-4-14-31-3)25(30)24(21)29/h5-12,16,22,27-28H,4,13-15H2,1-3H3/t22-/m0/s1. The number of rotatable bonds is 9. The lowest BCUT2D eigenvalue weighted by Gasteiger charge is -2.25. The van der Waals surface area contributed by atoms with Gasteiger partial charge in [0.15, 0.2) is 0 Å². The van der Waals surface area contributed by atoms with Gasteiger partial charge in [0.05, 0.1) is 18.2 Å². The van der Waals surface area contributed by atoms with Gasteiger partial charge >= 0.3 is 0 Å². The molecule has 0 aromatic heterocycles. The topological polar surface area (TPSA) is 96.3 Å². The summed E-state index contributed by atoms with van der Waals surface area (Å²) in [5.41, 5.74) is 1.06. The second kappa shape index (κ2) is 10.3. The fourth-order valence-electron chi connectivity index (χ4n) is 3.62. The summed E-state index contributed by atoms with van der Waals surface area (Å²) in [6.45, 7) is 5.40. The van der Waals surface area contributed by atoms with Crippen LogP contribution in [0.1, 0.15) is 37.4 Å². The molecule has 3 rings (SSSR count). The molecule has 32 heavy (non-hydrogen) atoms. The molecule has 1 heterocycles. The van der Waals surface area contributed by atoms with Crippen molar-refractivity contribution >= 4 is 17.4 Å². The average Bonchev–Trinajstić information content (AvgIpc) is 3.03. The number of aliphatic hydroxyl groups is 1. The number of aliphatic hydroxyl groups excluding tert-OH is 1. The Morgan fingerprint density at radius 1 is 1.06 bits per heavy atom. The fraction of sp³-hybridized carbons (Fsp3) is 0.360. The largest absolute Gasteiger partial charge is 0.508 e. The fourth-order valence-corrected chi connectivity index (χ4v) is 3.62. The summed E-state index contributed by atoms with van der Waals surface area (Å²) in [5, 5.41) is 20.7. The number of likely N-dealkylation sites (tertiary alicyclic amines) is 1. The molecular weight excluding hydrogens is 410 g/mol. The monoisotopic (exact) mass is 439 g/mol. The van der Waals surface area contributed by atoms with Crippen molar-refractivity contribution in [2.24, 2.45) is 5.92 Å². The van der Waals surface area contributed by atoms with E-state index in [2.05, 4.69) is 13.8 Å².